The van der Waals surface area contributed by atoms with Crippen molar-refractivity contribution in [3.63, 3.8) is 0 Å². The SMILES string of the molecule is CCCCCCCCCCCCCCNC(=O)[C@@H]1CN(C(=O)c2ccc(C(=O)N3C[C@@H](C(=O)N[C@H]4C[C@@H]4c4ccccc4)[C@H](C(=O)N[C@H]4C[C@@H]4c4ccccc4)C3)cc2)CCO1. The summed E-state index contributed by atoms with van der Waals surface area (Å²) in [6.07, 6.45) is 16.0. The first kappa shape index (κ1) is 45.0. The van der Waals surface area contributed by atoms with Crippen molar-refractivity contribution in [3.8, 4) is 0 Å². The van der Waals surface area contributed by atoms with Gasteiger partial charge in [-0.05, 0) is 54.7 Å². The number of nitrogens with one attached hydrogen (secondary N) is 3. The normalized spacial score (nSPS) is 24.0. The molecule has 2 aliphatic heterocycles. The lowest BCUT2D eigenvalue weighted by Gasteiger charge is -2.32. The molecule has 2 saturated carbocycles. The molecule has 11 heteroatoms. The smallest absolute Gasteiger partial charge is 0.254 e. The molecule has 5 amide bonds. The zero-order chi connectivity index (χ0) is 43.3. The number of unbranched alkanes of at least 4 members (excludes halogenated alkanes) is 11. The van der Waals surface area contributed by atoms with Crippen LogP contribution < -0.4 is 16.0 Å². The van der Waals surface area contributed by atoms with Crippen LogP contribution in [0.1, 0.15) is 140 Å². The van der Waals surface area contributed by atoms with Crippen LogP contribution in [0.5, 0.6) is 0 Å². The minimum Gasteiger partial charge on any atom is -0.365 e. The van der Waals surface area contributed by atoms with Crippen molar-refractivity contribution in [2.24, 2.45) is 11.8 Å². The summed E-state index contributed by atoms with van der Waals surface area (Å²) in [6.45, 7) is 3.87. The third-order valence-corrected chi connectivity index (χ3v) is 13.3. The molecule has 0 aromatic heterocycles. The fraction of sp³-hybridized carbons (Fsp3) is 0.549. The van der Waals surface area contributed by atoms with Gasteiger partial charge in [0.1, 0.15) is 0 Å². The summed E-state index contributed by atoms with van der Waals surface area (Å²) in [7, 11) is 0. The van der Waals surface area contributed by atoms with Crippen LogP contribution >= 0.6 is 0 Å². The highest BCUT2D eigenvalue weighted by Crippen LogP contribution is 2.42. The summed E-state index contributed by atoms with van der Waals surface area (Å²) < 4.78 is 5.77. The van der Waals surface area contributed by atoms with E-state index in [4.69, 9.17) is 4.74 Å². The molecule has 332 valence electrons. The average Bonchev–Trinajstić information content (AvgIpc) is 4.22. The predicted molar refractivity (Wildman–Crippen MR) is 241 cm³/mol. The van der Waals surface area contributed by atoms with Crippen LogP contribution in [-0.4, -0.2) is 96.9 Å². The van der Waals surface area contributed by atoms with Crippen LogP contribution in [0, 0.1) is 11.8 Å². The van der Waals surface area contributed by atoms with E-state index < -0.39 is 17.9 Å². The Hall–Kier alpha value is -5.03. The predicted octanol–water partition coefficient (Wildman–Crippen LogP) is 7.38. The molecule has 0 spiro atoms. The molecule has 3 aromatic carbocycles. The molecule has 7 atom stereocenters. The maximum Gasteiger partial charge on any atom is 0.254 e. The summed E-state index contributed by atoms with van der Waals surface area (Å²) in [5.41, 5.74) is 3.13. The topological polar surface area (TPSA) is 137 Å². The van der Waals surface area contributed by atoms with Crippen molar-refractivity contribution in [2.75, 3.05) is 39.3 Å². The maximum atomic E-state index is 14.0. The van der Waals surface area contributed by atoms with Crippen LogP contribution in [0.25, 0.3) is 0 Å². The zero-order valence-corrected chi connectivity index (χ0v) is 36.6. The van der Waals surface area contributed by atoms with Gasteiger partial charge < -0.3 is 30.5 Å². The lowest BCUT2D eigenvalue weighted by Crippen LogP contribution is -2.51. The molecule has 0 radical (unpaired) electrons. The summed E-state index contributed by atoms with van der Waals surface area (Å²) in [6, 6.07) is 26.7. The van der Waals surface area contributed by atoms with Crippen LogP contribution in [-0.2, 0) is 19.1 Å². The molecule has 4 fully saturated rings. The molecule has 62 heavy (non-hydrogen) atoms. The first-order valence-electron chi connectivity index (χ1n) is 23.6. The number of morpholine rings is 1. The molecule has 2 saturated heterocycles. The molecule has 7 rings (SSSR count). The zero-order valence-electron chi connectivity index (χ0n) is 36.6. The van der Waals surface area contributed by atoms with E-state index in [-0.39, 0.29) is 79.7 Å². The van der Waals surface area contributed by atoms with E-state index in [0.29, 0.717) is 24.2 Å². The van der Waals surface area contributed by atoms with Gasteiger partial charge in [-0.25, -0.2) is 0 Å². The fourth-order valence-corrected chi connectivity index (χ4v) is 9.33. The lowest BCUT2D eigenvalue weighted by molar-refractivity contribution is -0.137. The second-order valence-corrected chi connectivity index (χ2v) is 18.0. The number of carbonyl (C=O) groups is 5. The van der Waals surface area contributed by atoms with Gasteiger partial charge in [-0.1, -0.05) is 138 Å². The van der Waals surface area contributed by atoms with Crippen LogP contribution in [0.4, 0.5) is 0 Å². The van der Waals surface area contributed by atoms with Gasteiger partial charge in [-0.3, -0.25) is 24.0 Å². The number of hydrogen-bond acceptors (Lipinski definition) is 6. The number of ether oxygens (including phenoxy) is 1. The first-order valence-corrected chi connectivity index (χ1v) is 23.6. The highest BCUT2D eigenvalue weighted by molar-refractivity contribution is 5.99. The van der Waals surface area contributed by atoms with Gasteiger partial charge in [0.05, 0.1) is 25.0 Å². The quantitative estimate of drug-likeness (QED) is 0.0904. The fourth-order valence-electron chi connectivity index (χ4n) is 9.33. The molecular weight excluding hydrogens is 779 g/mol. The van der Waals surface area contributed by atoms with Crippen molar-refractivity contribution in [1.29, 1.82) is 0 Å². The monoisotopic (exact) mass is 846 g/mol. The van der Waals surface area contributed by atoms with Crippen LogP contribution in [0.3, 0.4) is 0 Å². The number of hydrogen-bond donors (Lipinski definition) is 3. The molecule has 0 bridgehead atoms. The number of carbonyl (C=O) groups excluding carboxylic acids is 5. The summed E-state index contributed by atoms with van der Waals surface area (Å²) >= 11 is 0. The molecule has 0 unspecified atom stereocenters. The minimum atomic E-state index is -0.732. The molecule has 11 nitrogen and oxygen atoms in total. The maximum absolute atomic E-state index is 14.0. The average molecular weight is 846 g/mol. The van der Waals surface area contributed by atoms with Gasteiger partial charge in [0.2, 0.25) is 11.8 Å². The van der Waals surface area contributed by atoms with Gasteiger partial charge in [0, 0.05) is 61.2 Å². The number of nitrogens with zero attached hydrogens (tertiary/aromatic N) is 2. The van der Waals surface area contributed by atoms with E-state index in [1.807, 2.05) is 36.4 Å². The van der Waals surface area contributed by atoms with Crippen molar-refractivity contribution in [2.45, 2.75) is 127 Å². The Labute approximate surface area is 368 Å². The number of rotatable bonds is 22. The summed E-state index contributed by atoms with van der Waals surface area (Å²) in [4.78, 5) is 71.5. The molecular formula is C51H67N5O6. The van der Waals surface area contributed by atoms with E-state index in [1.54, 1.807) is 34.1 Å². The first-order chi connectivity index (χ1) is 30.3. The van der Waals surface area contributed by atoms with E-state index in [9.17, 15) is 24.0 Å². The molecule has 2 aliphatic carbocycles. The Morgan fingerprint density at radius 1 is 0.548 bits per heavy atom. The highest BCUT2D eigenvalue weighted by atomic mass is 16.5. The number of benzene rings is 3. The Morgan fingerprint density at radius 3 is 1.48 bits per heavy atom. The van der Waals surface area contributed by atoms with E-state index >= 15 is 0 Å². The van der Waals surface area contributed by atoms with E-state index in [2.05, 4.69) is 47.1 Å². The second-order valence-electron chi connectivity index (χ2n) is 18.0. The Bertz CT molecular complexity index is 1870. The van der Waals surface area contributed by atoms with E-state index in [0.717, 1.165) is 25.7 Å². The van der Waals surface area contributed by atoms with Crippen molar-refractivity contribution in [1.82, 2.24) is 25.8 Å². The van der Waals surface area contributed by atoms with Gasteiger partial charge in [0.15, 0.2) is 6.10 Å². The minimum absolute atomic E-state index is 0.00506. The highest BCUT2D eigenvalue weighted by Gasteiger charge is 2.49. The van der Waals surface area contributed by atoms with Gasteiger partial charge in [-0.15, -0.1) is 0 Å². The van der Waals surface area contributed by atoms with Crippen LogP contribution in [0.2, 0.25) is 0 Å². The van der Waals surface area contributed by atoms with Crippen molar-refractivity contribution >= 4 is 29.5 Å². The molecule has 3 aromatic rings. The Morgan fingerprint density at radius 2 is 1.00 bits per heavy atom. The van der Waals surface area contributed by atoms with Gasteiger partial charge in [-0.2, -0.15) is 0 Å². The third kappa shape index (κ3) is 12.3. The van der Waals surface area contributed by atoms with E-state index in [1.165, 1.54) is 75.3 Å². The lowest BCUT2D eigenvalue weighted by atomic mass is 9.94. The third-order valence-electron chi connectivity index (χ3n) is 13.3. The second kappa shape index (κ2) is 22.4. The van der Waals surface area contributed by atoms with Crippen LogP contribution in [0.15, 0.2) is 84.9 Å². The largest absolute Gasteiger partial charge is 0.365 e. The number of amides is 5. The summed E-state index contributed by atoms with van der Waals surface area (Å²) in [5, 5.41) is 9.38. The number of likely N-dealkylation sites (tertiary alicyclic amines) is 1. The standard InChI is InChI=1S/C51H67N5O6/c1-2-3-4-5-6-7-8-9-10-11-12-19-28-52-49(59)46-35-55(29-30-62-46)50(60)38-24-26-39(27-25-38)51(61)56-33-42(47(57)53-44-31-40(44)36-20-15-13-16-21-36)43(34-56)48(58)54-45-32-41(45)37-22-17-14-18-23-37/h13-18,20-27,40-46H,2-12,19,28-35H2,1H3,(H,52,59)(H,53,57)(H,54,58)/t40-,41-,42-,43-,44+,45+,46+/m1/s1. The molecule has 3 N–H and O–H groups in total. The van der Waals surface area contributed by atoms with Crippen molar-refractivity contribution in [3.05, 3.63) is 107 Å². The van der Waals surface area contributed by atoms with Gasteiger partial charge in [0.25, 0.3) is 17.7 Å². The Kier molecular flexibility index (Phi) is 16.2. The van der Waals surface area contributed by atoms with Crippen molar-refractivity contribution < 1.29 is 28.7 Å². The molecule has 4 aliphatic rings. The Balaban J connectivity index is 0.875. The van der Waals surface area contributed by atoms with Gasteiger partial charge >= 0.3 is 0 Å². The molecule has 2 heterocycles. The summed E-state index contributed by atoms with van der Waals surface area (Å²) in [5.74, 6) is -2.05.